The summed E-state index contributed by atoms with van der Waals surface area (Å²) in [5.41, 5.74) is 0. The minimum atomic E-state index is 1.07. The third kappa shape index (κ3) is 19.0. The van der Waals surface area contributed by atoms with Crippen molar-refractivity contribution in [2.24, 2.45) is 0 Å². The van der Waals surface area contributed by atoms with Crippen LogP contribution in [0.2, 0.25) is 0 Å². The van der Waals surface area contributed by atoms with E-state index in [1.807, 2.05) is 13.8 Å². The molecule has 0 unspecified atom stereocenters. The Morgan fingerprint density at radius 3 is 1.38 bits per heavy atom. The fourth-order valence-electron chi connectivity index (χ4n) is 0.989. The molecule has 2 rings (SSSR count). The molecule has 2 heterocycles. The minimum Gasteiger partial charge on any atom is -0.313 e. The average Bonchev–Trinajstić information content (AvgIpc) is 2.94. The first-order valence-corrected chi connectivity index (χ1v) is 6.63. The van der Waals surface area contributed by atoms with Crippen LogP contribution in [-0.4, -0.2) is 26.2 Å². The predicted molar refractivity (Wildman–Crippen MR) is 75.9 cm³/mol. The van der Waals surface area contributed by atoms with Crippen molar-refractivity contribution in [3.05, 3.63) is 24.3 Å². The molecule has 16 heavy (non-hydrogen) atoms. The topological polar surface area (TPSA) is 24.1 Å². The van der Waals surface area contributed by atoms with Gasteiger partial charge in [0.25, 0.3) is 0 Å². The zero-order valence-corrected chi connectivity index (χ0v) is 11.6. The minimum absolute atomic E-state index is 1.07. The number of rotatable bonds is 0. The smallest absolute Gasteiger partial charge is 0.0138 e. The number of hydrogen-bond acceptors (Lipinski definition) is 2. The molecule has 0 aliphatic carbocycles. The Morgan fingerprint density at radius 1 is 0.812 bits per heavy atom. The molecule has 96 valence electrons. The van der Waals surface area contributed by atoms with E-state index < -0.39 is 0 Å². The molecule has 0 radical (unpaired) electrons. The van der Waals surface area contributed by atoms with Crippen LogP contribution in [0.1, 0.15) is 40.5 Å². The Bertz CT molecular complexity index is 137. The molecule has 0 bridgehead atoms. The van der Waals surface area contributed by atoms with Gasteiger partial charge in [0.2, 0.25) is 0 Å². The maximum absolute atomic E-state index is 3.20. The van der Waals surface area contributed by atoms with Crippen LogP contribution in [0.3, 0.4) is 0 Å². The highest BCUT2D eigenvalue weighted by molar-refractivity contribution is 4.92. The van der Waals surface area contributed by atoms with Crippen LogP contribution in [0.15, 0.2) is 24.3 Å². The lowest BCUT2D eigenvalue weighted by Crippen LogP contribution is -2.17. The zero-order valence-electron chi connectivity index (χ0n) is 11.6. The predicted octanol–water partition coefficient (Wildman–Crippen LogP) is 3.12. The third-order valence-electron chi connectivity index (χ3n) is 1.61. The van der Waals surface area contributed by atoms with E-state index in [1.165, 1.54) is 12.8 Å². The second kappa shape index (κ2) is 19.9. The van der Waals surface area contributed by atoms with E-state index in [4.69, 9.17) is 0 Å². The first-order chi connectivity index (χ1) is 7.91. The summed E-state index contributed by atoms with van der Waals surface area (Å²) >= 11 is 0. The van der Waals surface area contributed by atoms with E-state index in [0.29, 0.717) is 0 Å². The molecule has 0 atom stereocenters. The first kappa shape index (κ1) is 17.8. The number of nitrogens with one attached hydrogen (secondary N) is 2. The summed E-state index contributed by atoms with van der Waals surface area (Å²) in [6, 6.07) is 0. The summed E-state index contributed by atoms with van der Waals surface area (Å²) in [6.07, 6.45) is 11.1. The molecule has 0 saturated heterocycles. The molecular weight excluding hydrogens is 196 g/mol. The van der Waals surface area contributed by atoms with Crippen LogP contribution in [0.25, 0.3) is 0 Å². The van der Waals surface area contributed by atoms with E-state index in [1.54, 1.807) is 0 Å². The van der Waals surface area contributed by atoms with Gasteiger partial charge in [0, 0.05) is 19.6 Å². The third-order valence-corrected chi connectivity index (χ3v) is 1.61. The molecule has 2 N–H and O–H groups in total. The van der Waals surface area contributed by atoms with Gasteiger partial charge in [-0.1, -0.05) is 58.4 Å². The molecule has 0 fully saturated rings. The molecule has 0 aromatic carbocycles. The molecule has 2 heteroatoms. The van der Waals surface area contributed by atoms with Gasteiger partial charge in [0.1, 0.15) is 0 Å². The van der Waals surface area contributed by atoms with E-state index in [2.05, 4.69) is 48.8 Å². The van der Waals surface area contributed by atoms with Gasteiger partial charge in [0.05, 0.1) is 0 Å². The van der Waals surface area contributed by atoms with Gasteiger partial charge in [0.15, 0.2) is 0 Å². The molecule has 0 aromatic heterocycles. The maximum atomic E-state index is 3.20. The van der Waals surface area contributed by atoms with Gasteiger partial charge in [-0.25, -0.2) is 0 Å². The highest BCUT2D eigenvalue weighted by Crippen LogP contribution is 1.84. The fourth-order valence-corrected chi connectivity index (χ4v) is 0.989. The van der Waals surface area contributed by atoms with Gasteiger partial charge < -0.3 is 10.6 Å². The quantitative estimate of drug-likeness (QED) is 0.620. The van der Waals surface area contributed by atoms with E-state index >= 15 is 0 Å². The van der Waals surface area contributed by atoms with Gasteiger partial charge in [-0.15, -0.1) is 0 Å². The fraction of sp³-hybridized carbons (Fsp3) is 0.714. The van der Waals surface area contributed by atoms with Crippen molar-refractivity contribution in [3.63, 3.8) is 0 Å². The highest BCUT2D eigenvalue weighted by Gasteiger charge is 1.84. The van der Waals surface area contributed by atoms with Crippen LogP contribution >= 0.6 is 0 Å². The second-order valence-corrected chi connectivity index (χ2v) is 3.30. The van der Waals surface area contributed by atoms with Crippen molar-refractivity contribution in [1.82, 2.24) is 10.6 Å². The van der Waals surface area contributed by atoms with Gasteiger partial charge >= 0.3 is 0 Å². The lowest BCUT2D eigenvalue weighted by Gasteiger charge is -2.01. The van der Waals surface area contributed by atoms with Crippen LogP contribution in [0.4, 0.5) is 0 Å². The zero-order chi connectivity index (χ0) is 12.5. The van der Waals surface area contributed by atoms with Crippen LogP contribution in [0, 0.1) is 0 Å². The summed E-state index contributed by atoms with van der Waals surface area (Å²) in [5, 5.41) is 6.31. The van der Waals surface area contributed by atoms with Crippen molar-refractivity contribution < 1.29 is 0 Å². The molecular formula is C14H30N2. The summed E-state index contributed by atoms with van der Waals surface area (Å²) in [4.78, 5) is 0. The Labute approximate surface area is 102 Å². The Kier molecular flexibility index (Phi) is 22.1. The lowest BCUT2D eigenvalue weighted by atomic mass is 10.3. The van der Waals surface area contributed by atoms with Crippen molar-refractivity contribution in [2.45, 2.75) is 40.5 Å². The molecule has 0 aromatic rings. The Balaban J connectivity index is 0. The maximum Gasteiger partial charge on any atom is 0.0138 e. The summed E-state index contributed by atoms with van der Waals surface area (Å²) in [6.45, 7) is 12.6. The Hall–Kier alpha value is -0.600. The summed E-state index contributed by atoms with van der Waals surface area (Å²) in [5.74, 6) is 0. The lowest BCUT2D eigenvalue weighted by molar-refractivity contribution is 0.728. The SMILES string of the molecule is C1=CCNC1.C1=CCNCC1.CC.CCC. The molecule has 2 nitrogen and oxygen atoms in total. The van der Waals surface area contributed by atoms with Gasteiger partial charge in [-0.2, -0.15) is 0 Å². The highest BCUT2D eigenvalue weighted by atomic mass is 14.9. The van der Waals surface area contributed by atoms with E-state index in [0.717, 1.165) is 26.2 Å². The van der Waals surface area contributed by atoms with Gasteiger partial charge in [-0.3, -0.25) is 0 Å². The first-order valence-electron chi connectivity index (χ1n) is 6.63. The largest absolute Gasteiger partial charge is 0.313 e. The average molecular weight is 226 g/mol. The van der Waals surface area contributed by atoms with E-state index in [9.17, 15) is 0 Å². The molecule has 0 spiro atoms. The second-order valence-electron chi connectivity index (χ2n) is 3.30. The molecule has 2 aliphatic heterocycles. The van der Waals surface area contributed by atoms with Crippen molar-refractivity contribution >= 4 is 0 Å². The van der Waals surface area contributed by atoms with Crippen LogP contribution < -0.4 is 10.6 Å². The van der Waals surface area contributed by atoms with Crippen molar-refractivity contribution in [3.8, 4) is 0 Å². The normalized spacial score (nSPS) is 16.0. The summed E-state index contributed by atoms with van der Waals surface area (Å²) in [7, 11) is 0. The molecule has 2 aliphatic rings. The van der Waals surface area contributed by atoms with Gasteiger partial charge in [-0.05, 0) is 13.0 Å². The monoisotopic (exact) mass is 226 g/mol. The van der Waals surface area contributed by atoms with E-state index in [-0.39, 0.29) is 0 Å². The van der Waals surface area contributed by atoms with Crippen molar-refractivity contribution in [2.75, 3.05) is 26.2 Å². The van der Waals surface area contributed by atoms with Crippen LogP contribution in [-0.2, 0) is 0 Å². The molecule has 0 amide bonds. The number of hydrogen-bond donors (Lipinski definition) is 2. The standard InChI is InChI=1S/C5H9N.C4H7N.C3H8.C2H6/c1-2-4-6-5-3-1;1-2-4-5-3-1;1-3-2;1-2/h1-2,6H,3-5H2;1-2,5H,3-4H2;3H2,1-2H3;1-2H3. The molecule has 0 saturated carbocycles. The Morgan fingerprint density at radius 2 is 1.25 bits per heavy atom. The van der Waals surface area contributed by atoms with Crippen molar-refractivity contribution in [1.29, 1.82) is 0 Å². The van der Waals surface area contributed by atoms with Crippen LogP contribution in [0.5, 0.6) is 0 Å². The summed E-state index contributed by atoms with van der Waals surface area (Å²) < 4.78 is 0.